The number of halogens is 1. The van der Waals surface area contributed by atoms with E-state index < -0.39 is 0 Å². The average molecular weight is 202 g/mol. The van der Waals surface area contributed by atoms with Crippen molar-refractivity contribution in [2.24, 2.45) is 0 Å². The zero-order chi connectivity index (χ0) is 8.39. The summed E-state index contributed by atoms with van der Waals surface area (Å²) in [5.74, 6) is 0.282. The summed E-state index contributed by atoms with van der Waals surface area (Å²) in [5, 5.41) is 12.4. The Morgan fingerprint density at radius 3 is 2.92 bits per heavy atom. The topological polar surface area (TPSA) is 41.5 Å². The van der Waals surface area contributed by atoms with Crippen molar-refractivity contribution < 1.29 is 9.84 Å². The predicted octanol–water partition coefficient (Wildman–Crippen LogP) is 1.43. The second-order valence-corrected chi connectivity index (χ2v) is 2.80. The molecule has 1 heterocycles. The van der Waals surface area contributed by atoms with Crippen molar-refractivity contribution in [2.75, 3.05) is 13.2 Å². The van der Waals surface area contributed by atoms with Crippen LogP contribution in [0.3, 0.4) is 0 Å². The van der Waals surface area contributed by atoms with Crippen LogP contribution in [0.5, 0.6) is 5.75 Å². The quantitative estimate of drug-likeness (QED) is 0.723. The molecule has 1 unspecified atom stereocenters. The van der Waals surface area contributed by atoms with Gasteiger partial charge in [-0.1, -0.05) is 12.1 Å². The van der Waals surface area contributed by atoms with Crippen molar-refractivity contribution >= 4 is 12.4 Å². The highest BCUT2D eigenvalue weighted by Gasteiger charge is 2.16. The molecule has 0 saturated carbocycles. The van der Waals surface area contributed by atoms with Gasteiger partial charge in [-0.3, -0.25) is 5.32 Å². The number of phenols is 1. The summed E-state index contributed by atoms with van der Waals surface area (Å²) >= 11 is 0. The van der Waals surface area contributed by atoms with E-state index in [0.29, 0.717) is 0 Å². The van der Waals surface area contributed by atoms with Crippen molar-refractivity contribution in [3.05, 3.63) is 29.8 Å². The molecule has 1 aliphatic rings. The van der Waals surface area contributed by atoms with Gasteiger partial charge in [-0.2, -0.15) is 0 Å². The number of ether oxygens (including phenoxy) is 1. The Labute approximate surface area is 83.1 Å². The van der Waals surface area contributed by atoms with Crippen molar-refractivity contribution in [3.8, 4) is 5.75 Å². The van der Waals surface area contributed by atoms with Crippen molar-refractivity contribution in [2.45, 2.75) is 6.23 Å². The fourth-order valence-electron chi connectivity index (χ4n) is 1.33. The summed E-state index contributed by atoms with van der Waals surface area (Å²) in [4.78, 5) is 0. The first-order chi connectivity index (χ1) is 5.86. The lowest BCUT2D eigenvalue weighted by Gasteiger charge is -2.09. The summed E-state index contributed by atoms with van der Waals surface area (Å²) in [6.45, 7) is 1.61. The zero-order valence-electron chi connectivity index (χ0n) is 7.06. The molecule has 1 saturated heterocycles. The van der Waals surface area contributed by atoms with Gasteiger partial charge in [-0.15, -0.1) is 12.4 Å². The van der Waals surface area contributed by atoms with Crippen molar-refractivity contribution in [1.29, 1.82) is 0 Å². The molecule has 0 aromatic heterocycles. The number of benzene rings is 1. The third-order valence-corrected chi connectivity index (χ3v) is 1.89. The first kappa shape index (κ1) is 10.3. The Bertz CT molecular complexity index is 274. The van der Waals surface area contributed by atoms with Gasteiger partial charge in [0.25, 0.3) is 0 Å². The maximum Gasteiger partial charge on any atom is 0.134 e. The minimum Gasteiger partial charge on any atom is -0.508 e. The van der Waals surface area contributed by atoms with Gasteiger partial charge in [0.2, 0.25) is 0 Å². The molecule has 1 aromatic rings. The minimum absolute atomic E-state index is 0. The van der Waals surface area contributed by atoms with Crippen LogP contribution in [0.1, 0.15) is 11.8 Å². The maximum atomic E-state index is 9.19. The van der Waals surface area contributed by atoms with Crippen LogP contribution < -0.4 is 5.32 Å². The van der Waals surface area contributed by atoms with Crippen LogP contribution >= 0.6 is 12.4 Å². The Morgan fingerprint density at radius 2 is 2.31 bits per heavy atom. The van der Waals surface area contributed by atoms with Gasteiger partial charge in [0.15, 0.2) is 0 Å². The van der Waals surface area contributed by atoms with Crippen LogP contribution in [0, 0.1) is 0 Å². The number of nitrogens with one attached hydrogen (secondary N) is 1. The van der Waals surface area contributed by atoms with E-state index in [2.05, 4.69) is 5.32 Å². The van der Waals surface area contributed by atoms with Crippen LogP contribution in [-0.2, 0) is 4.74 Å². The van der Waals surface area contributed by atoms with Crippen LogP contribution in [-0.4, -0.2) is 18.3 Å². The van der Waals surface area contributed by atoms with Crippen LogP contribution in [0.15, 0.2) is 24.3 Å². The average Bonchev–Trinajstić information content (AvgIpc) is 2.56. The Hall–Kier alpha value is -0.770. The highest BCUT2D eigenvalue weighted by molar-refractivity contribution is 5.85. The number of aromatic hydroxyl groups is 1. The Morgan fingerprint density at radius 1 is 1.46 bits per heavy atom. The molecule has 0 aliphatic carbocycles. The van der Waals surface area contributed by atoms with Gasteiger partial charge in [0.1, 0.15) is 12.0 Å². The molecule has 0 radical (unpaired) electrons. The van der Waals surface area contributed by atoms with E-state index >= 15 is 0 Å². The Balaban J connectivity index is 0.000000845. The molecule has 2 N–H and O–H groups in total. The standard InChI is InChI=1S/C9H11NO2.ClH/c11-8-3-1-2-7(6-8)9-10-4-5-12-9;/h1-3,6,9-11H,4-5H2;1H. The molecular weight excluding hydrogens is 190 g/mol. The van der Waals surface area contributed by atoms with Crippen LogP contribution in [0.25, 0.3) is 0 Å². The summed E-state index contributed by atoms with van der Waals surface area (Å²) in [6, 6.07) is 7.11. The summed E-state index contributed by atoms with van der Waals surface area (Å²) < 4.78 is 5.37. The summed E-state index contributed by atoms with van der Waals surface area (Å²) in [7, 11) is 0. The van der Waals surface area contributed by atoms with Crippen molar-refractivity contribution in [3.63, 3.8) is 0 Å². The molecular formula is C9H12ClNO2. The zero-order valence-corrected chi connectivity index (χ0v) is 7.88. The SMILES string of the molecule is Cl.Oc1cccc(C2NCCO2)c1. The fraction of sp³-hybridized carbons (Fsp3) is 0.333. The number of hydrogen-bond donors (Lipinski definition) is 2. The molecule has 72 valence electrons. The third-order valence-electron chi connectivity index (χ3n) is 1.89. The first-order valence-corrected chi connectivity index (χ1v) is 4.00. The van der Waals surface area contributed by atoms with Gasteiger partial charge >= 0.3 is 0 Å². The first-order valence-electron chi connectivity index (χ1n) is 4.00. The highest BCUT2D eigenvalue weighted by atomic mass is 35.5. The van der Waals surface area contributed by atoms with E-state index in [1.807, 2.05) is 12.1 Å². The Kier molecular flexibility index (Phi) is 3.54. The van der Waals surface area contributed by atoms with Gasteiger partial charge in [0.05, 0.1) is 6.61 Å². The van der Waals surface area contributed by atoms with Crippen molar-refractivity contribution in [1.82, 2.24) is 5.32 Å². The van der Waals surface area contributed by atoms with E-state index in [-0.39, 0.29) is 24.4 Å². The molecule has 1 aliphatic heterocycles. The molecule has 2 rings (SSSR count). The molecule has 1 aromatic carbocycles. The third kappa shape index (κ3) is 2.34. The van der Waals surface area contributed by atoms with E-state index in [1.165, 1.54) is 0 Å². The van der Waals surface area contributed by atoms with Gasteiger partial charge < -0.3 is 9.84 Å². The lowest BCUT2D eigenvalue weighted by molar-refractivity contribution is 0.102. The van der Waals surface area contributed by atoms with Crippen LogP contribution in [0.4, 0.5) is 0 Å². The molecule has 0 bridgehead atoms. The van der Waals surface area contributed by atoms with E-state index in [1.54, 1.807) is 12.1 Å². The van der Waals surface area contributed by atoms with E-state index in [9.17, 15) is 5.11 Å². The van der Waals surface area contributed by atoms with Gasteiger partial charge in [-0.25, -0.2) is 0 Å². The molecule has 3 nitrogen and oxygen atoms in total. The monoisotopic (exact) mass is 201 g/mol. The largest absolute Gasteiger partial charge is 0.508 e. The van der Waals surface area contributed by atoms with E-state index in [4.69, 9.17) is 4.74 Å². The fourth-order valence-corrected chi connectivity index (χ4v) is 1.33. The van der Waals surface area contributed by atoms with Crippen LogP contribution in [0.2, 0.25) is 0 Å². The molecule has 0 amide bonds. The molecule has 4 heteroatoms. The maximum absolute atomic E-state index is 9.19. The number of rotatable bonds is 1. The second kappa shape index (κ2) is 4.46. The lowest BCUT2D eigenvalue weighted by Crippen LogP contribution is -2.13. The molecule has 13 heavy (non-hydrogen) atoms. The smallest absolute Gasteiger partial charge is 0.134 e. The normalized spacial score (nSPS) is 21.1. The van der Waals surface area contributed by atoms with Gasteiger partial charge in [-0.05, 0) is 17.7 Å². The number of hydrogen-bond acceptors (Lipinski definition) is 3. The molecule has 1 fully saturated rings. The molecule has 1 atom stereocenters. The second-order valence-electron chi connectivity index (χ2n) is 2.80. The minimum atomic E-state index is -0.0444. The lowest BCUT2D eigenvalue weighted by atomic mass is 10.2. The van der Waals surface area contributed by atoms with Gasteiger partial charge in [0, 0.05) is 6.54 Å². The predicted molar refractivity (Wildman–Crippen MR) is 52.1 cm³/mol. The summed E-state index contributed by atoms with van der Waals surface area (Å²) in [6.07, 6.45) is -0.0444. The highest BCUT2D eigenvalue weighted by Crippen LogP contribution is 2.20. The summed E-state index contributed by atoms with van der Waals surface area (Å²) in [5.41, 5.74) is 0.979. The molecule has 0 spiro atoms. The van der Waals surface area contributed by atoms with E-state index in [0.717, 1.165) is 18.7 Å². The number of phenolic OH excluding ortho intramolecular Hbond substituents is 1.